The molecule has 4 fully saturated rings. The minimum atomic E-state index is -1.33. The third-order valence-corrected chi connectivity index (χ3v) is 9.08. The lowest BCUT2D eigenvalue weighted by Crippen LogP contribution is -2.66. The third-order valence-electron chi connectivity index (χ3n) is 9.08. The first-order valence-electron chi connectivity index (χ1n) is 12.5. The van der Waals surface area contributed by atoms with Gasteiger partial charge in [0.1, 0.15) is 18.3 Å². The molecular weight excluding hydrogens is 472 g/mol. The van der Waals surface area contributed by atoms with Crippen LogP contribution in [0.2, 0.25) is 0 Å². The van der Waals surface area contributed by atoms with Crippen molar-refractivity contribution in [3.05, 3.63) is 11.6 Å². The SMILES string of the molecule is CC(=O)O[C@H]1CC/C(C)=C\[C@@H]2OC(=O)[C@]3(C)O[C@]23[C@H](OC(C)=O)C2[C@]1(C)[C@@H](OC(C)=O)C[C@@H]1O[C@]21C. The first kappa shape index (κ1) is 25.2. The van der Waals surface area contributed by atoms with E-state index in [-0.39, 0.29) is 6.10 Å². The lowest BCUT2D eigenvalue weighted by Gasteiger charge is -2.54. The number of fused-ring (bicyclic) bond motifs is 3. The van der Waals surface area contributed by atoms with Crippen molar-refractivity contribution in [3.63, 3.8) is 0 Å². The molecule has 0 bridgehead atoms. The second-order valence-corrected chi connectivity index (χ2v) is 11.4. The van der Waals surface area contributed by atoms with Crippen molar-refractivity contribution in [3.8, 4) is 0 Å². The molecule has 1 spiro atoms. The maximum absolute atomic E-state index is 13.0. The van der Waals surface area contributed by atoms with Crippen molar-refractivity contribution in [1.29, 1.82) is 0 Å². The number of carbonyl (C=O) groups excluding carboxylic acids is 4. The van der Waals surface area contributed by atoms with Gasteiger partial charge in [-0.05, 0) is 39.7 Å². The lowest BCUT2D eigenvalue weighted by molar-refractivity contribution is -0.212. The first-order valence-corrected chi connectivity index (χ1v) is 12.5. The van der Waals surface area contributed by atoms with Gasteiger partial charge >= 0.3 is 23.9 Å². The normalized spacial score (nSPS) is 50.0. The van der Waals surface area contributed by atoms with E-state index >= 15 is 0 Å². The van der Waals surface area contributed by atoms with E-state index in [9.17, 15) is 19.2 Å². The molecule has 3 saturated heterocycles. The highest BCUT2D eigenvalue weighted by Gasteiger charge is 2.89. The Balaban J connectivity index is 1.75. The van der Waals surface area contributed by atoms with E-state index in [1.54, 1.807) is 6.92 Å². The van der Waals surface area contributed by atoms with Gasteiger partial charge in [-0.2, -0.15) is 0 Å². The van der Waals surface area contributed by atoms with Gasteiger partial charge < -0.3 is 28.4 Å². The van der Waals surface area contributed by atoms with E-state index in [2.05, 4.69) is 0 Å². The predicted octanol–water partition coefficient (Wildman–Crippen LogP) is 2.16. The summed E-state index contributed by atoms with van der Waals surface area (Å²) >= 11 is 0. The summed E-state index contributed by atoms with van der Waals surface area (Å²) in [4.78, 5) is 50.1. The summed E-state index contributed by atoms with van der Waals surface area (Å²) in [6, 6.07) is 0. The number of rotatable bonds is 3. The van der Waals surface area contributed by atoms with E-state index in [1.807, 2.05) is 26.8 Å². The number of hydrogen-bond acceptors (Lipinski definition) is 10. The number of epoxide rings is 2. The summed E-state index contributed by atoms with van der Waals surface area (Å²) in [6.45, 7) is 11.3. The molecule has 3 aliphatic heterocycles. The Morgan fingerprint density at radius 2 is 1.58 bits per heavy atom. The summed E-state index contributed by atoms with van der Waals surface area (Å²) in [5.74, 6) is -2.71. The fourth-order valence-electron chi connectivity index (χ4n) is 7.29. The number of ether oxygens (including phenoxy) is 6. The van der Waals surface area contributed by atoms with Crippen LogP contribution in [0.1, 0.15) is 67.7 Å². The molecule has 1 unspecified atom stereocenters. The van der Waals surface area contributed by atoms with E-state index < -0.39 is 76.4 Å². The summed E-state index contributed by atoms with van der Waals surface area (Å²) < 4.78 is 36.0. The summed E-state index contributed by atoms with van der Waals surface area (Å²) in [6.07, 6.45) is -0.313. The Labute approximate surface area is 209 Å². The Morgan fingerprint density at radius 3 is 2.17 bits per heavy atom. The third kappa shape index (κ3) is 3.29. The average Bonchev–Trinajstić information content (AvgIpc) is 3.58. The fourth-order valence-corrected chi connectivity index (χ4v) is 7.29. The molecule has 10 heteroatoms. The molecule has 0 aromatic carbocycles. The molecule has 10 nitrogen and oxygen atoms in total. The number of esters is 4. The van der Waals surface area contributed by atoms with Crippen LogP contribution < -0.4 is 0 Å². The van der Waals surface area contributed by atoms with Gasteiger partial charge in [-0.15, -0.1) is 0 Å². The zero-order valence-electron chi connectivity index (χ0n) is 21.7. The summed E-state index contributed by atoms with van der Waals surface area (Å²) in [7, 11) is 0. The smallest absolute Gasteiger partial charge is 0.342 e. The number of allylic oxidation sites excluding steroid dienone is 1. The highest BCUT2D eigenvalue weighted by atomic mass is 16.7. The van der Waals surface area contributed by atoms with Gasteiger partial charge in [-0.1, -0.05) is 12.5 Å². The molecule has 0 aromatic heterocycles. The van der Waals surface area contributed by atoms with Crippen LogP contribution in [0.5, 0.6) is 0 Å². The van der Waals surface area contributed by atoms with Gasteiger partial charge in [-0.3, -0.25) is 14.4 Å². The van der Waals surface area contributed by atoms with Crippen molar-refractivity contribution in [2.24, 2.45) is 11.3 Å². The van der Waals surface area contributed by atoms with Crippen LogP contribution in [0.15, 0.2) is 11.6 Å². The molecule has 1 saturated carbocycles. The molecule has 10 atom stereocenters. The first-order chi connectivity index (χ1) is 16.7. The summed E-state index contributed by atoms with van der Waals surface area (Å²) in [5, 5.41) is 0. The zero-order valence-corrected chi connectivity index (χ0v) is 21.7. The zero-order chi connectivity index (χ0) is 26.4. The van der Waals surface area contributed by atoms with E-state index in [0.29, 0.717) is 19.3 Å². The highest BCUT2D eigenvalue weighted by molar-refractivity contribution is 5.89. The van der Waals surface area contributed by atoms with Crippen LogP contribution in [-0.2, 0) is 47.6 Å². The minimum absolute atomic E-state index is 0.283. The second kappa shape index (κ2) is 7.77. The molecule has 198 valence electrons. The van der Waals surface area contributed by atoms with Crippen molar-refractivity contribution >= 4 is 23.9 Å². The fraction of sp³-hybridized carbons (Fsp3) is 0.769. The second-order valence-electron chi connectivity index (χ2n) is 11.4. The van der Waals surface area contributed by atoms with Crippen molar-refractivity contribution in [1.82, 2.24) is 0 Å². The lowest BCUT2D eigenvalue weighted by atomic mass is 9.53. The number of hydrogen-bond donors (Lipinski definition) is 0. The van der Waals surface area contributed by atoms with Gasteiger partial charge in [0.05, 0.1) is 17.1 Å². The molecule has 5 aliphatic rings. The Kier molecular flexibility index (Phi) is 5.44. The van der Waals surface area contributed by atoms with Crippen LogP contribution in [0.4, 0.5) is 0 Å². The maximum Gasteiger partial charge on any atom is 0.342 e. The predicted molar refractivity (Wildman–Crippen MR) is 121 cm³/mol. The molecule has 0 N–H and O–H groups in total. The Bertz CT molecular complexity index is 1070. The number of carbonyl (C=O) groups is 4. The van der Waals surface area contributed by atoms with Crippen LogP contribution >= 0.6 is 0 Å². The van der Waals surface area contributed by atoms with E-state index in [0.717, 1.165) is 5.57 Å². The van der Waals surface area contributed by atoms with E-state index in [1.165, 1.54) is 20.8 Å². The van der Waals surface area contributed by atoms with Crippen molar-refractivity contribution < 1.29 is 47.6 Å². The molecule has 3 heterocycles. The molecule has 0 aromatic rings. The van der Waals surface area contributed by atoms with Crippen LogP contribution in [0, 0.1) is 11.3 Å². The molecule has 2 aliphatic carbocycles. The topological polar surface area (TPSA) is 130 Å². The largest absolute Gasteiger partial charge is 0.462 e. The molecule has 5 rings (SSSR count). The van der Waals surface area contributed by atoms with Crippen LogP contribution in [-0.4, -0.2) is 71.2 Å². The molecule has 0 amide bonds. The quantitative estimate of drug-likeness (QED) is 0.243. The van der Waals surface area contributed by atoms with Gasteiger partial charge in [-0.25, -0.2) is 4.79 Å². The molecule has 36 heavy (non-hydrogen) atoms. The van der Waals surface area contributed by atoms with Crippen molar-refractivity contribution in [2.45, 2.75) is 115 Å². The van der Waals surface area contributed by atoms with Crippen LogP contribution in [0.3, 0.4) is 0 Å². The van der Waals surface area contributed by atoms with E-state index in [4.69, 9.17) is 28.4 Å². The Hall–Kier alpha value is -2.46. The molecule has 0 radical (unpaired) electrons. The van der Waals surface area contributed by atoms with Crippen LogP contribution in [0.25, 0.3) is 0 Å². The Morgan fingerprint density at radius 1 is 0.972 bits per heavy atom. The maximum atomic E-state index is 13.0. The summed E-state index contributed by atoms with van der Waals surface area (Å²) in [5.41, 5.74) is -3.59. The monoisotopic (exact) mass is 506 g/mol. The van der Waals surface area contributed by atoms with Gasteiger partial charge in [0.2, 0.25) is 0 Å². The van der Waals surface area contributed by atoms with Gasteiger partial charge in [0.15, 0.2) is 17.3 Å². The average molecular weight is 507 g/mol. The van der Waals surface area contributed by atoms with Gasteiger partial charge in [0.25, 0.3) is 0 Å². The minimum Gasteiger partial charge on any atom is -0.462 e. The highest BCUT2D eigenvalue weighted by Crippen LogP contribution is 2.69. The van der Waals surface area contributed by atoms with Gasteiger partial charge in [0, 0.05) is 33.1 Å². The van der Waals surface area contributed by atoms with Crippen molar-refractivity contribution in [2.75, 3.05) is 0 Å². The standard InChI is InChI=1S/C26H34O10/c1-12-8-9-16(31-13(2)27)23(5)17(32-14(3)28)11-18-24(6,35-18)20(23)21(33-15(4)29)26-19(10-12)34-22(30)25(26,7)36-26/h10,16-21H,8-9,11H2,1-7H3/b12-10-/t16-,17-,18-,19-,20?,21+,23-,24-,25-,26-/m0/s1. The molecular formula is C26H34O10.